The Balaban J connectivity index is 2.08. The number of carbonyl (C=O) groups excluding carboxylic acids is 1. The molecule has 2 atom stereocenters. The first-order valence-corrected chi connectivity index (χ1v) is 6.78. The van der Waals surface area contributed by atoms with Crippen molar-refractivity contribution in [1.29, 1.82) is 0 Å². The third-order valence-corrected chi connectivity index (χ3v) is 4.13. The van der Waals surface area contributed by atoms with Crippen molar-refractivity contribution in [3.8, 4) is 11.5 Å². The number of aromatic hydroxyl groups is 2. The van der Waals surface area contributed by atoms with Gasteiger partial charge in [-0.3, -0.25) is 9.69 Å². The van der Waals surface area contributed by atoms with E-state index in [1.54, 1.807) is 0 Å². The number of benzene rings is 1. The van der Waals surface area contributed by atoms with Crippen LogP contribution in [-0.4, -0.2) is 40.0 Å². The molecular weight excluding hydrogens is 242 g/mol. The molecule has 1 heterocycles. The van der Waals surface area contributed by atoms with Gasteiger partial charge in [0.2, 0.25) is 0 Å². The minimum absolute atomic E-state index is 0.0333. The fourth-order valence-corrected chi connectivity index (χ4v) is 2.67. The maximum absolute atomic E-state index is 12.2. The van der Waals surface area contributed by atoms with Crippen molar-refractivity contribution in [3.05, 3.63) is 23.8 Å². The molecule has 0 radical (unpaired) electrons. The first-order chi connectivity index (χ1) is 8.99. The van der Waals surface area contributed by atoms with Crippen LogP contribution in [0.15, 0.2) is 18.2 Å². The van der Waals surface area contributed by atoms with E-state index in [4.69, 9.17) is 0 Å². The molecule has 1 aromatic carbocycles. The van der Waals surface area contributed by atoms with Crippen LogP contribution in [0.2, 0.25) is 0 Å². The van der Waals surface area contributed by atoms with Gasteiger partial charge in [0.25, 0.3) is 0 Å². The fourth-order valence-electron chi connectivity index (χ4n) is 2.67. The van der Waals surface area contributed by atoms with Crippen LogP contribution in [0.3, 0.4) is 0 Å². The van der Waals surface area contributed by atoms with Gasteiger partial charge in [0.1, 0.15) is 11.5 Å². The number of carbonyl (C=O) groups is 1. The van der Waals surface area contributed by atoms with Crippen LogP contribution in [0.1, 0.15) is 37.0 Å². The first-order valence-electron chi connectivity index (χ1n) is 6.78. The molecule has 19 heavy (non-hydrogen) atoms. The van der Waals surface area contributed by atoms with Gasteiger partial charge in [-0.2, -0.15) is 0 Å². The summed E-state index contributed by atoms with van der Waals surface area (Å²) in [5.41, 5.74) is 0.281. The molecule has 0 amide bonds. The van der Waals surface area contributed by atoms with E-state index in [2.05, 4.69) is 18.7 Å². The Morgan fingerprint density at radius 2 is 2.11 bits per heavy atom. The molecule has 1 fully saturated rings. The Bertz CT molecular complexity index is 472. The highest BCUT2D eigenvalue weighted by atomic mass is 16.3. The molecule has 2 rings (SSSR count). The summed E-state index contributed by atoms with van der Waals surface area (Å²) in [5, 5.41) is 18.9. The lowest BCUT2D eigenvalue weighted by Gasteiger charge is -2.37. The van der Waals surface area contributed by atoms with E-state index in [9.17, 15) is 15.0 Å². The molecular formula is C15H21NO3. The number of rotatable bonds is 3. The highest BCUT2D eigenvalue weighted by Crippen LogP contribution is 2.26. The molecule has 0 aliphatic carbocycles. The van der Waals surface area contributed by atoms with Gasteiger partial charge in [-0.1, -0.05) is 6.92 Å². The van der Waals surface area contributed by atoms with Crippen LogP contribution >= 0.6 is 0 Å². The second-order valence-electron chi connectivity index (χ2n) is 5.46. The van der Waals surface area contributed by atoms with Crippen molar-refractivity contribution < 1.29 is 15.0 Å². The standard InChI is InChI=1S/C15H21NO3/c1-10-4-3-7-16(11(10)2)9-15(19)13-6-5-12(17)8-14(13)18/h5-6,8,10-11,17-18H,3-4,7,9H2,1-2H3. The summed E-state index contributed by atoms with van der Waals surface area (Å²) < 4.78 is 0. The average Bonchev–Trinajstić information content (AvgIpc) is 2.34. The Labute approximate surface area is 113 Å². The highest BCUT2D eigenvalue weighted by Gasteiger charge is 2.26. The lowest BCUT2D eigenvalue weighted by molar-refractivity contribution is 0.0777. The third kappa shape index (κ3) is 3.07. The summed E-state index contributed by atoms with van der Waals surface area (Å²) in [5.74, 6) is 0.310. The lowest BCUT2D eigenvalue weighted by atomic mass is 9.91. The summed E-state index contributed by atoms with van der Waals surface area (Å²) in [6.45, 7) is 5.60. The van der Waals surface area contributed by atoms with Gasteiger partial charge in [0, 0.05) is 12.1 Å². The zero-order valence-electron chi connectivity index (χ0n) is 11.5. The molecule has 104 valence electrons. The number of piperidine rings is 1. The van der Waals surface area contributed by atoms with Crippen LogP contribution < -0.4 is 0 Å². The molecule has 2 unspecified atom stereocenters. The number of hydrogen-bond donors (Lipinski definition) is 2. The monoisotopic (exact) mass is 263 g/mol. The van der Waals surface area contributed by atoms with Crippen LogP contribution in [-0.2, 0) is 0 Å². The van der Waals surface area contributed by atoms with Crippen molar-refractivity contribution in [3.63, 3.8) is 0 Å². The second kappa shape index (κ2) is 5.61. The van der Waals surface area contributed by atoms with E-state index in [-0.39, 0.29) is 22.8 Å². The molecule has 0 saturated carbocycles. The Morgan fingerprint density at radius 1 is 1.37 bits per heavy atom. The van der Waals surface area contributed by atoms with E-state index in [0.717, 1.165) is 13.0 Å². The normalized spacial score (nSPS) is 24.3. The van der Waals surface area contributed by atoms with Crippen LogP contribution in [0.4, 0.5) is 0 Å². The van der Waals surface area contributed by atoms with E-state index < -0.39 is 0 Å². The summed E-state index contributed by atoms with van der Waals surface area (Å²) in [4.78, 5) is 14.4. The van der Waals surface area contributed by atoms with Gasteiger partial charge >= 0.3 is 0 Å². The molecule has 0 bridgehead atoms. The van der Waals surface area contributed by atoms with E-state index in [1.165, 1.54) is 24.6 Å². The number of phenolic OH excluding ortho intramolecular Hbond substituents is 2. The van der Waals surface area contributed by atoms with Gasteiger partial charge in [0.15, 0.2) is 5.78 Å². The maximum Gasteiger partial charge on any atom is 0.180 e. The zero-order valence-corrected chi connectivity index (χ0v) is 11.5. The van der Waals surface area contributed by atoms with Crippen molar-refractivity contribution in [2.45, 2.75) is 32.7 Å². The topological polar surface area (TPSA) is 60.8 Å². The molecule has 1 aliphatic rings. The van der Waals surface area contributed by atoms with Crippen LogP contribution in [0, 0.1) is 5.92 Å². The van der Waals surface area contributed by atoms with E-state index in [0.29, 0.717) is 18.5 Å². The number of ketones is 1. The Morgan fingerprint density at radius 3 is 2.79 bits per heavy atom. The number of phenols is 2. The highest BCUT2D eigenvalue weighted by molar-refractivity contribution is 6.00. The number of nitrogens with zero attached hydrogens (tertiary/aromatic N) is 1. The molecule has 1 saturated heterocycles. The van der Waals surface area contributed by atoms with Crippen molar-refractivity contribution in [1.82, 2.24) is 4.90 Å². The minimum atomic E-state index is -0.150. The maximum atomic E-state index is 12.2. The average molecular weight is 263 g/mol. The summed E-state index contributed by atoms with van der Waals surface area (Å²) >= 11 is 0. The van der Waals surface area contributed by atoms with E-state index in [1.807, 2.05) is 0 Å². The molecule has 0 aromatic heterocycles. The smallest absolute Gasteiger partial charge is 0.180 e. The zero-order chi connectivity index (χ0) is 14.0. The third-order valence-electron chi connectivity index (χ3n) is 4.13. The number of likely N-dealkylation sites (tertiary alicyclic amines) is 1. The fraction of sp³-hybridized carbons (Fsp3) is 0.533. The summed E-state index contributed by atoms with van der Waals surface area (Å²) in [7, 11) is 0. The van der Waals surface area contributed by atoms with E-state index >= 15 is 0 Å². The molecule has 4 nitrogen and oxygen atoms in total. The van der Waals surface area contributed by atoms with Gasteiger partial charge < -0.3 is 10.2 Å². The Kier molecular flexibility index (Phi) is 4.10. The Hall–Kier alpha value is -1.55. The lowest BCUT2D eigenvalue weighted by Crippen LogP contribution is -2.44. The van der Waals surface area contributed by atoms with Crippen LogP contribution in [0.25, 0.3) is 0 Å². The predicted octanol–water partition coefficient (Wildman–Crippen LogP) is 2.40. The molecule has 1 aliphatic heterocycles. The molecule has 2 N–H and O–H groups in total. The summed E-state index contributed by atoms with van der Waals surface area (Å²) in [6.07, 6.45) is 2.32. The van der Waals surface area contributed by atoms with Crippen LogP contribution in [0.5, 0.6) is 11.5 Å². The van der Waals surface area contributed by atoms with Gasteiger partial charge in [-0.25, -0.2) is 0 Å². The van der Waals surface area contributed by atoms with Crippen molar-refractivity contribution >= 4 is 5.78 Å². The van der Waals surface area contributed by atoms with Crippen molar-refractivity contribution in [2.24, 2.45) is 5.92 Å². The predicted molar refractivity (Wildman–Crippen MR) is 73.5 cm³/mol. The van der Waals surface area contributed by atoms with Gasteiger partial charge in [0.05, 0.1) is 12.1 Å². The minimum Gasteiger partial charge on any atom is -0.508 e. The SMILES string of the molecule is CC1CCCN(CC(=O)c2ccc(O)cc2O)C1C. The van der Waals surface area contributed by atoms with Crippen molar-refractivity contribution in [2.75, 3.05) is 13.1 Å². The number of hydrogen-bond acceptors (Lipinski definition) is 4. The quantitative estimate of drug-likeness (QED) is 0.822. The number of Topliss-reactive ketones (excluding diaryl/α,β-unsaturated/α-hetero) is 1. The largest absolute Gasteiger partial charge is 0.508 e. The molecule has 1 aromatic rings. The summed E-state index contributed by atoms with van der Waals surface area (Å²) in [6, 6.07) is 4.49. The second-order valence-corrected chi connectivity index (χ2v) is 5.46. The molecule has 0 spiro atoms. The van der Waals surface area contributed by atoms with Gasteiger partial charge in [-0.05, 0) is 44.4 Å². The first kappa shape index (κ1) is 13.9. The molecule has 4 heteroatoms. The van der Waals surface area contributed by atoms with Gasteiger partial charge in [-0.15, -0.1) is 0 Å².